The molecule has 3 heteroatoms. The summed E-state index contributed by atoms with van der Waals surface area (Å²) >= 11 is 5.86. The molecule has 3 N–H and O–H groups in total. The van der Waals surface area contributed by atoms with Crippen LogP contribution in [0.3, 0.4) is 0 Å². The first-order chi connectivity index (χ1) is 6.53. The lowest BCUT2D eigenvalue weighted by Gasteiger charge is -2.23. The molecule has 0 unspecified atom stereocenters. The predicted molar refractivity (Wildman–Crippen MR) is 62.8 cm³/mol. The van der Waals surface area contributed by atoms with Gasteiger partial charge in [-0.05, 0) is 30.2 Å². The van der Waals surface area contributed by atoms with Crippen molar-refractivity contribution in [2.24, 2.45) is 11.1 Å². The Morgan fingerprint density at radius 2 is 2.14 bits per heavy atom. The molecule has 0 bridgehead atoms. The molecule has 0 saturated heterocycles. The maximum atomic E-state index is 5.86. The fourth-order valence-electron chi connectivity index (χ4n) is 1.01. The summed E-state index contributed by atoms with van der Waals surface area (Å²) in [6, 6.07) is 7.70. The molecule has 78 valence electrons. The third-order valence-corrected chi connectivity index (χ3v) is 2.38. The Morgan fingerprint density at radius 3 is 2.71 bits per heavy atom. The first-order valence-corrected chi connectivity index (χ1v) is 5.11. The zero-order valence-corrected chi connectivity index (χ0v) is 9.43. The van der Waals surface area contributed by atoms with Crippen molar-refractivity contribution in [2.45, 2.75) is 13.8 Å². The quantitative estimate of drug-likeness (QED) is 0.806. The standard InChI is InChI=1S/C11H17ClN2/c1-11(2,7-13)8-14-10-5-3-4-9(12)6-10/h3-6,14H,7-8,13H2,1-2H3. The van der Waals surface area contributed by atoms with E-state index in [-0.39, 0.29) is 5.41 Å². The van der Waals surface area contributed by atoms with Gasteiger partial charge in [-0.2, -0.15) is 0 Å². The molecule has 0 atom stereocenters. The van der Waals surface area contributed by atoms with Gasteiger partial charge >= 0.3 is 0 Å². The van der Waals surface area contributed by atoms with Crippen LogP contribution in [0.4, 0.5) is 5.69 Å². The fraction of sp³-hybridized carbons (Fsp3) is 0.455. The first kappa shape index (κ1) is 11.3. The predicted octanol–water partition coefficient (Wildman–Crippen LogP) is 2.74. The molecule has 1 rings (SSSR count). The first-order valence-electron chi connectivity index (χ1n) is 4.73. The summed E-state index contributed by atoms with van der Waals surface area (Å²) in [5, 5.41) is 4.06. The van der Waals surface area contributed by atoms with Crippen molar-refractivity contribution in [3.8, 4) is 0 Å². The number of hydrogen-bond donors (Lipinski definition) is 2. The molecule has 0 aliphatic rings. The largest absolute Gasteiger partial charge is 0.384 e. The molecule has 1 aromatic rings. The zero-order valence-electron chi connectivity index (χ0n) is 8.68. The van der Waals surface area contributed by atoms with Crippen LogP contribution in [0.5, 0.6) is 0 Å². The molecule has 0 heterocycles. The average Bonchev–Trinajstić information content (AvgIpc) is 2.15. The van der Waals surface area contributed by atoms with Crippen LogP contribution in [0.2, 0.25) is 5.02 Å². The number of halogens is 1. The van der Waals surface area contributed by atoms with Crippen LogP contribution in [-0.4, -0.2) is 13.1 Å². The SMILES string of the molecule is CC(C)(CN)CNc1cccc(Cl)c1. The average molecular weight is 213 g/mol. The highest BCUT2D eigenvalue weighted by molar-refractivity contribution is 6.30. The third-order valence-electron chi connectivity index (χ3n) is 2.15. The lowest BCUT2D eigenvalue weighted by molar-refractivity contribution is 0.405. The molecule has 0 saturated carbocycles. The Labute approximate surface area is 90.4 Å². The third kappa shape index (κ3) is 3.56. The maximum Gasteiger partial charge on any atom is 0.0426 e. The normalized spacial score (nSPS) is 11.4. The summed E-state index contributed by atoms with van der Waals surface area (Å²) in [5.74, 6) is 0. The van der Waals surface area contributed by atoms with Crippen LogP contribution in [0.25, 0.3) is 0 Å². The Balaban J connectivity index is 2.54. The second-order valence-electron chi connectivity index (χ2n) is 4.23. The van der Waals surface area contributed by atoms with E-state index in [0.717, 1.165) is 17.3 Å². The number of anilines is 1. The summed E-state index contributed by atoms with van der Waals surface area (Å²) in [4.78, 5) is 0. The van der Waals surface area contributed by atoms with E-state index in [0.29, 0.717) is 6.54 Å². The smallest absolute Gasteiger partial charge is 0.0426 e. The molecule has 0 amide bonds. The van der Waals surface area contributed by atoms with Crippen molar-refractivity contribution in [3.05, 3.63) is 29.3 Å². The molecule has 14 heavy (non-hydrogen) atoms. The van der Waals surface area contributed by atoms with E-state index in [2.05, 4.69) is 19.2 Å². The highest BCUT2D eigenvalue weighted by atomic mass is 35.5. The zero-order chi connectivity index (χ0) is 10.6. The Morgan fingerprint density at radius 1 is 1.43 bits per heavy atom. The molecule has 0 aliphatic carbocycles. The molecule has 0 aromatic heterocycles. The molecular formula is C11H17ClN2. The van der Waals surface area contributed by atoms with Gasteiger partial charge in [-0.3, -0.25) is 0 Å². The van der Waals surface area contributed by atoms with Gasteiger partial charge in [-0.15, -0.1) is 0 Å². The van der Waals surface area contributed by atoms with E-state index < -0.39 is 0 Å². The fourth-order valence-corrected chi connectivity index (χ4v) is 1.20. The Bertz CT molecular complexity index is 297. The number of hydrogen-bond acceptors (Lipinski definition) is 2. The van der Waals surface area contributed by atoms with E-state index >= 15 is 0 Å². The second-order valence-corrected chi connectivity index (χ2v) is 4.67. The number of nitrogens with one attached hydrogen (secondary N) is 1. The van der Waals surface area contributed by atoms with E-state index in [9.17, 15) is 0 Å². The topological polar surface area (TPSA) is 38.0 Å². The van der Waals surface area contributed by atoms with Crippen LogP contribution >= 0.6 is 11.6 Å². The maximum absolute atomic E-state index is 5.86. The van der Waals surface area contributed by atoms with Crippen LogP contribution in [0, 0.1) is 5.41 Å². The Hall–Kier alpha value is -0.730. The van der Waals surface area contributed by atoms with Crippen molar-refractivity contribution in [1.82, 2.24) is 0 Å². The van der Waals surface area contributed by atoms with Gasteiger partial charge in [-0.25, -0.2) is 0 Å². The highest BCUT2D eigenvalue weighted by Crippen LogP contribution is 2.18. The Kier molecular flexibility index (Phi) is 3.78. The summed E-state index contributed by atoms with van der Waals surface area (Å²) < 4.78 is 0. The minimum absolute atomic E-state index is 0.113. The molecular weight excluding hydrogens is 196 g/mol. The van der Waals surface area contributed by atoms with Crippen molar-refractivity contribution >= 4 is 17.3 Å². The van der Waals surface area contributed by atoms with Gasteiger partial charge in [0.15, 0.2) is 0 Å². The molecule has 0 radical (unpaired) electrons. The van der Waals surface area contributed by atoms with E-state index in [1.54, 1.807) is 0 Å². The van der Waals surface area contributed by atoms with Crippen molar-refractivity contribution < 1.29 is 0 Å². The van der Waals surface area contributed by atoms with Crippen molar-refractivity contribution in [3.63, 3.8) is 0 Å². The summed E-state index contributed by atoms with van der Waals surface area (Å²) in [6.07, 6.45) is 0. The van der Waals surface area contributed by atoms with Crippen LogP contribution in [-0.2, 0) is 0 Å². The van der Waals surface area contributed by atoms with E-state index in [4.69, 9.17) is 17.3 Å². The molecule has 0 aliphatic heterocycles. The molecule has 2 nitrogen and oxygen atoms in total. The van der Waals surface area contributed by atoms with E-state index in [1.807, 2.05) is 24.3 Å². The number of rotatable bonds is 4. The minimum atomic E-state index is 0.113. The summed E-state index contributed by atoms with van der Waals surface area (Å²) in [6.45, 7) is 5.78. The highest BCUT2D eigenvalue weighted by Gasteiger charge is 2.14. The lowest BCUT2D eigenvalue weighted by atomic mass is 9.94. The van der Waals surface area contributed by atoms with Gasteiger partial charge in [0.1, 0.15) is 0 Å². The van der Waals surface area contributed by atoms with Crippen LogP contribution in [0.15, 0.2) is 24.3 Å². The van der Waals surface area contributed by atoms with Crippen molar-refractivity contribution in [2.75, 3.05) is 18.4 Å². The van der Waals surface area contributed by atoms with Gasteiger partial charge in [0.2, 0.25) is 0 Å². The molecule has 0 fully saturated rings. The van der Waals surface area contributed by atoms with Gasteiger partial charge in [0.25, 0.3) is 0 Å². The lowest BCUT2D eigenvalue weighted by Crippen LogP contribution is -2.31. The van der Waals surface area contributed by atoms with Crippen LogP contribution in [0.1, 0.15) is 13.8 Å². The second kappa shape index (κ2) is 4.67. The summed E-state index contributed by atoms with van der Waals surface area (Å²) in [7, 11) is 0. The van der Waals surface area contributed by atoms with Gasteiger partial charge < -0.3 is 11.1 Å². The van der Waals surface area contributed by atoms with Crippen molar-refractivity contribution in [1.29, 1.82) is 0 Å². The molecule has 0 spiro atoms. The minimum Gasteiger partial charge on any atom is -0.384 e. The molecule has 1 aromatic carbocycles. The van der Waals surface area contributed by atoms with Crippen LogP contribution < -0.4 is 11.1 Å². The number of nitrogens with two attached hydrogens (primary N) is 1. The summed E-state index contributed by atoms with van der Waals surface area (Å²) in [5.41, 5.74) is 6.79. The van der Waals surface area contributed by atoms with Gasteiger partial charge in [-0.1, -0.05) is 31.5 Å². The number of benzene rings is 1. The van der Waals surface area contributed by atoms with Gasteiger partial charge in [0.05, 0.1) is 0 Å². The van der Waals surface area contributed by atoms with E-state index in [1.165, 1.54) is 0 Å². The monoisotopic (exact) mass is 212 g/mol. The van der Waals surface area contributed by atoms with Gasteiger partial charge in [0, 0.05) is 17.3 Å².